The van der Waals surface area contributed by atoms with Gasteiger partial charge in [-0.1, -0.05) is 0 Å². The van der Waals surface area contributed by atoms with Crippen LogP contribution in [0, 0.1) is 0 Å². The van der Waals surface area contributed by atoms with E-state index in [1.54, 1.807) is 18.6 Å². The molecule has 0 aliphatic heterocycles. The lowest BCUT2D eigenvalue weighted by atomic mass is 10.0. The molecular weight excluding hydrogens is 878 g/mol. The molecular formula is C35H25F12N13O3. The predicted octanol–water partition coefficient (Wildman–Crippen LogP) is 6.86. The number of hydrazine groups is 1. The van der Waals surface area contributed by atoms with Gasteiger partial charge in [0.2, 0.25) is 0 Å². The molecule has 4 heterocycles. The second-order valence-corrected chi connectivity index (χ2v) is 11.8. The van der Waals surface area contributed by atoms with Crippen molar-refractivity contribution >= 4 is 30.1 Å². The quantitative estimate of drug-likeness (QED) is 0.0663. The van der Waals surface area contributed by atoms with E-state index in [9.17, 15) is 62.3 Å². The van der Waals surface area contributed by atoms with Crippen LogP contribution >= 0.6 is 0 Å². The largest absolute Gasteiger partial charge is 0.478 e. The lowest BCUT2D eigenvalue weighted by Gasteiger charge is -2.13. The number of hydrogen-bond donors (Lipinski definition) is 4. The van der Waals surface area contributed by atoms with Gasteiger partial charge in [0.1, 0.15) is 12.7 Å². The average molecular weight is 904 g/mol. The molecule has 28 heteroatoms. The van der Waals surface area contributed by atoms with Crippen molar-refractivity contribution in [3.63, 3.8) is 0 Å². The van der Waals surface area contributed by atoms with Crippen molar-refractivity contribution in [1.29, 1.82) is 0 Å². The zero-order chi connectivity index (χ0) is 46.6. The van der Waals surface area contributed by atoms with E-state index in [0.717, 1.165) is 46.2 Å². The normalized spacial score (nSPS) is 12.0. The van der Waals surface area contributed by atoms with Gasteiger partial charge in [0.25, 0.3) is 5.91 Å². The van der Waals surface area contributed by atoms with E-state index < -0.39 is 75.8 Å². The van der Waals surface area contributed by atoms with Crippen LogP contribution < -0.4 is 16.6 Å². The molecule has 4 aromatic heterocycles. The van der Waals surface area contributed by atoms with Crippen LogP contribution in [0.5, 0.6) is 0 Å². The van der Waals surface area contributed by atoms with E-state index >= 15 is 0 Å². The third-order valence-electron chi connectivity index (χ3n) is 7.16. The molecule has 6 rings (SSSR count). The Labute approximate surface area is 343 Å². The third kappa shape index (κ3) is 15.0. The van der Waals surface area contributed by atoms with Gasteiger partial charge in [-0.15, -0.1) is 10.2 Å². The van der Waals surface area contributed by atoms with Crippen LogP contribution in [-0.4, -0.2) is 66.4 Å². The number of carbonyl (C=O) groups excluding carboxylic acids is 1. The van der Waals surface area contributed by atoms with Crippen LogP contribution in [0.2, 0.25) is 0 Å². The number of aliphatic carboxylic acids is 1. The van der Waals surface area contributed by atoms with Gasteiger partial charge in [-0.25, -0.2) is 29.1 Å². The Morgan fingerprint density at radius 2 is 1.03 bits per heavy atom. The molecule has 0 aliphatic carbocycles. The number of alkyl halides is 12. The number of carbonyl (C=O) groups is 2. The topological polar surface area (TPSA) is 217 Å². The third-order valence-corrected chi connectivity index (χ3v) is 7.16. The fourth-order valence-corrected chi connectivity index (χ4v) is 4.38. The SMILES string of the molecule is NCc1cnccn1.O=C(/C=C\n1cnc(-c2cc(C(F)(F)F)cc(C(F)(F)F)c2)n1)NNc1cnccn1.O=C(O)/C=C\n1cnc(-c2cc(C(F)(F)F)cc(C(F)(F)F)c2)n1. The maximum atomic E-state index is 13.0. The minimum Gasteiger partial charge on any atom is -0.478 e. The maximum absolute atomic E-state index is 13.0. The molecule has 332 valence electrons. The van der Waals surface area contributed by atoms with Crippen LogP contribution in [0.4, 0.5) is 58.5 Å². The van der Waals surface area contributed by atoms with Crippen molar-refractivity contribution < 1.29 is 67.4 Å². The summed E-state index contributed by atoms with van der Waals surface area (Å²) < 4.78 is 156. The Hall–Kier alpha value is -7.78. The molecule has 6 aromatic rings. The zero-order valence-electron chi connectivity index (χ0n) is 30.9. The van der Waals surface area contributed by atoms with Crippen molar-refractivity contribution in [2.75, 3.05) is 5.43 Å². The highest BCUT2D eigenvalue weighted by molar-refractivity contribution is 5.90. The summed E-state index contributed by atoms with van der Waals surface area (Å²) in [5, 5.41) is 15.9. The second kappa shape index (κ2) is 20.2. The Morgan fingerprint density at radius 1 is 0.603 bits per heavy atom. The lowest BCUT2D eigenvalue weighted by Crippen LogP contribution is -2.28. The zero-order valence-corrected chi connectivity index (χ0v) is 30.9. The van der Waals surface area contributed by atoms with Gasteiger partial charge >= 0.3 is 30.7 Å². The van der Waals surface area contributed by atoms with Gasteiger partial charge < -0.3 is 10.8 Å². The first-order chi connectivity index (χ1) is 29.4. The molecule has 0 unspecified atom stereocenters. The predicted molar refractivity (Wildman–Crippen MR) is 193 cm³/mol. The summed E-state index contributed by atoms with van der Waals surface area (Å²) in [4.78, 5) is 44.8. The summed E-state index contributed by atoms with van der Waals surface area (Å²) in [6.07, 6.45) is -5.23. The van der Waals surface area contributed by atoms with Gasteiger partial charge in [-0.2, -0.15) is 52.7 Å². The van der Waals surface area contributed by atoms with E-state index in [0.29, 0.717) is 36.9 Å². The number of carboxylic acid groups (broad SMARTS) is 1. The minimum absolute atomic E-state index is 0.00878. The van der Waals surface area contributed by atoms with Crippen LogP contribution in [0.15, 0.2) is 98.4 Å². The summed E-state index contributed by atoms with van der Waals surface area (Å²) in [7, 11) is 0. The standard InChI is InChI=1S/C17H11F6N7O.C13H7F6N3O2.C5H7N3/c18-16(19,20)11-5-10(6-12(7-11)17(21,22)23)15-26-9-30(29-15)4-1-14(31)28-27-13-8-24-2-3-25-13;14-12(15,16)8-3-7(4-9(5-8)13(17,18)19)11-20-6-22(21-11)2-1-10(23)24;6-3-5-4-7-1-2-8-5/h1-9H,(H,25,27)(H,28,31);1-6H,(H,23,24);1-2,4H,3,6H2/b4-1-;2-1-;. The Balaban J connectivity index is 0.000000240. The van der Waals surface area contributed by atoms with Crippen LogP contribution in [-0.2, 0) is 40.8 Å². The highest BCUT2D eigenvalue weighted by Gasteiger charge is 2.38. The monoisotopic (exact) mass is 903 g/mol. The van der Waals surface area contributed by atoms with Crippen LogP contribution in [0.25, 0.3) is 35.2 Å². The first kappa shape index (κ1) is 47.9. The summed E-state index contributed by atoms with van der Waals surface area (Å²) in [6, 6.07) is 1.98. The number of halogens is 12. The fourth-order valence-electron chi connectivity index (χ4n) is 4.38. The fraction of sp³-hybridized carbons (Fsp3) is 0.143. The number of hydrogen-bond acceptors (Lipinski definition) is 12. The Morgan fingerprint density at radius 3 is 1.38 bits per heavy atom. The number of nitrogens with zero attached hydrogens (tertiary/aromatic N) is 10. The van der Waals surface area contributed by atoms with E-state index in [2.05, 4.69) is 51.0 Å². The lowest BCUT2D eigenvalue weighted by molar-refractivity contribution is -0.144. The molecule has 1 amide bonds. The maximum Gasteiger partial charge on any atom is 0.416 e. The number of rotatable bonds is 9. The van der Waals surface area contributed by atoms with Crippen LogP contribution in [0.3, 0.4) is 0 Å². The molecule has 2 aromatic carbocycles. The van der Waals surface area contributed by atoms with E-state index in [1.165, 1.54) is 18.6 Å². The van der Waals surface area contributed by atoms with Crippen molar-refractivity contribution in [1.82, 2.24) is 54.9 Å². The molecule has 0 saturated heterocycles. The number of aromatic nitrogens is 10. The number of carboxylic acids is 1. The summed E-state index contributed by atoms with van der Waals surface area (Å²) in [5.74, 6) is -2.51. The van der Waals surface area contributed by atoms with E-state index in [4.69, 9.17) is 10.8 Å². The Kier molecular flexibility index (Phi) is 15.3. The van der Waals surface area contributed by atoms with E-state index in [-0.39, 0.29) is 23.8 Å². The minimum atomic E-state index is -4.99. The molecule has 0 aliphatic rings. The highest BCUT2D eigenvalue weighted by atomic mass is 19.4. The molecule has 0 spiro atoms. The number of anilines is 1. The number of nitrogens with one attached hydrogen (secondary N) is 2. The van der Waals surface area contributed by atoms with Gasteiger partial charge in [-0.3, -0.25) is 30.6 Å². The van der Waals surface area contributed by atoms with Gasteiger partial charge in [0.15, 0.2) is 17.5 Å². The van der Waals surface area contributed by atoms with Gasteiger partial charge in [0.05, 0.1) is 34.1 Å². The average Bonchev–Trinajstić information content (AvgIpc) is 3.92. The molecule has 0 bridgehead atoms. The van der Waals surface area contributed by atoms with E-state index in [1.807, 2.05) is 0 Å². The Bertz CT molecular complexity index is 2460. The first-order valence-electron chi connectivity index (χ1n) is 16.7. The summed E-state index contributed by atoms with van der Waals surface area (Å²) in [6.45, 7) is 0.466. The summed E-state index contributed by atoms with van der Waals surface area (Å²) >= 11 is 0. The van der Waals surface area contributed by atoms with Crippen molar-refractivity contribution in [2.24, 2.45) is 5.73 Å². The number of amides is 1. The molecule has 63 heavy (non-hydrogen) atoms. The van der Waals surface area contributed by atoms with Crippen molar-refractivity contribution in [3.8, 4) is 22.8 Å². The molecule has 0 radical (unpaired) electrons. The number of benzene rings is 2. The van der Waals surface area contributed by atoms with Gasteiger partial charge in [-0.05, 0) is 36.4 Å². The van der Waals surface area contributed by atoms with Crippen molar-refractivity contribution in [2.45, 2.75) is 31.2 Å². The smallest absolute Gasteiger partial charge is 0.416 e. The first-order valence-corrected chi connectivity index (χ1v) is 16.7. The second-order valence-electron chi connectivity index (χ2n) is 11.8. The molecule has 0 atom stereocenters. The number of nitrogens with two attached hydrogens (primary N) is 1. The highest BCUT2D eigenvalue weighted by Crippen LogP contribution is 2.39. The summed E-state index contributed by atoms with van der Waals surface area (Å²) in [5.41, 5.74) is 3.86. The van der Waals surface area contributed by atoms with Crippen molar-refractivity contribution in [3.05, 3.63) is 126 Å². The molecule has 5 N–H and O–H groups in total. The molecule has 16 nitrogen and oxygen atoms in total. The molecule has 0 fully saturated rings. The molecule has 0 saturated carbocycles. The van der Waals surface area contributed by atoms with Gasteiger partial charge in [0, 0.05) is 73.2 Å². The van der Waals surface area contributed by atoms with Crippen LogP contribution in [0.1, 0.15) is 27.9 Å².